The van der Waals surface area contributed by atoms with Gasteiger partial charge in [0.1, 0.15) is 5.82 Å². The van der Waals surface area contributed by atoms with Crippen LogP contribution >= 0.6 is 15.9 Å². The van der Waals surface area contributed by atoms with Gasteiger partial charge in [-0.2, -0.15) is 0 Å². The Kier molecular flexibility index (Phi) is 5.76. The summed E-state index contributed by atoms with van der Waals surface area (Å²) in [6, 6.07) is 4.59. The Morgan fingerprint density at radius 2 is 2.29 bits per heavy atom. The molecule has 2 rings (SSSR count). The van der Waals surface area contributed by atoms with E-state index in [1.807, 2.05) is 4.90 Å². The Labute approximate surface area is 134 Å². The van der Waals surface area contributed by atoms with Gasteiger partial charge in [-0.3, -0.25) is 4.79 Å². The molecule has 1 aromatic carbocycles. The van der Waals surface area contributed by atoms with E-state index >= 15 is 0 Å². The third-order valence-electron chi connectivity index (χ3n) is 3.64. The van der Waals surface area contributed by atoms with Crippen molar-refractivity contribution in [1.29, 1.82) is 0 Å². The summed E-state index contributed by atoms with van der Waals surface area (Å²) in [5.74, 6) is 0.0187. The third-order valence-corrected chi connectivity index (χ3v) is 4.29. The number of hydrogen-bond acceptors (Lipinski definition) is 2. The SMILES string of the molecule is CC(C)CN(CC1CCCN1)C(=O)c1ccc(F)cc1Br. The Balaban J connectivity index is 2.15. The molecular weight excluding hydrogens is 335 g/mol. The molecule has 1 N–H and O–H groups in total. The number of halogens is 2. The number of amides is 1. The first-order chi connectivity index (χ1) is 9.97. The fourth-order valence-electron chi connectivity index (χ4n) is 2.69. The average Bonchev–Trinajstić information content (AvgIpc) is 2.89. The van der Waals surface area contributed by atoms with Crippen LogP contribution < -0.4 is 5.32 Å². The van der Waals surface area contributed by atoms with Crippen molar-refractivity contribution in [3.05, 3.63) is 34.1 Å². The molecule has 0 aromatic heterocycles. The van der Waals surface area contributed by atoms with Crippen LogP contribution in [0.15, 0.2) is 22.7 Å². The first kappa shape index (κ1) is 16.4. The van der Waals surface area contributed by atoms with Gasteiger partial charge in [0, 0.05) is 23.6 Å². The van der Waals surface area contributed by atoms with Crippen LogP contribution in [0.4, 0.5) is 4.39 Å². The normalized spacial score (nSPS) is 18.2. The fourth-order valence-corrected chi connectivity index (χ4v) is 3.21. The topological polar surface area (TPSA) is 32.3 Å². The Bertz CT molecular complexity index is 501. The smallest absolute Gasteiger partial charge is 0.255 e. The zero-order valence-corrected chi connectivity index (χ0v) is 14.1. The van der Waals surface area contributed by atoms with Crippen LogP contribution in [0.1, 0.15) is 37.0 Å². The van der Waals surface area contributed by atoms with Gasteiger partial charge in [0.25, 0.3) is 5.91 Å². The summed E-state index contributed by atoms with van der Waals surface area (Å²) in [4.78, 5) is 14.6. The van der Waals surface area contributed by atoms with Crippen LogP contribution in [0, 0.1) is 11.7 Å². The molecule has 21 heavy (non-hydrogen) atoms. The van der Waals surface area contributed by atoms with E-state index in [-0.39, 0.29) is 11.7 Å². The molecule has 116 valence electrons. The monoisotopic (exact) mass is 356 g/mol. The molecule has 1 unspecified atom stereocenters. The molecule has 0 bridgehead atoms. The minimum absolute atomic E-state index is 0.0377. The van der Waals surface area contributed by atoms with Gasteiger partial charge in [-0.1, -0.05) is 13.8 Å². The average molecular weight is 357 g/mol. The molecule has 0 radical (unpaired) electrons. The summed E-state index contributed by atoms with van der Waals surface area (Å²) in [6.07, 6.45) is 2.26. The number of rotatable bonds is 5. The van der Waals surface area contributed by atoms with E-state index in [1.54, 1.807) is 6.07 Å². The fraction of sp³-hybridized carbons (Fsp3) is 0.562. The molecule has 0 aliphatic carbocycles. The van der Waals surface area contributed by atoms with Crippen molar-refractivity contribution < 1.29 is 9.18 Å². The third kappa shape index (κ3) is 4.51. The van der Waals surface area contributed by atoms with Crippen molar-refractivity contribution in [2.45, 2.75) is 32.7 Å². The van der Waals surface area contributed by atoms with E-state index in [0.29, 0.717) is 35.1 Å². The van der Waals surface area contributed by atoms with Crippen molar-refractivity contribution in [3.63, 3.8) is 0 Å². The molecule has 1 atom stereocenters. The molecule has 0 spiro atoms. The van der Waals surface area contributed by atoms with E-state index in [4.69, 9.17) is 0 Å². The van der Waals surface area contributed by atoms with E-state index in [9.17, 15) is 9.18 Å². The number of benzene rings is 1. The van der Waals surface area contributed by atoms with Crippen molar-refractivity contribution in [3.8, 4) is 0 Å². The predicted octanol–water partition coefficient (Wildman–Crippen LogP) is 3.44. The molecule has 3 nitrogen and oxygen atoms in total. The number of hydrogen-bond donors (Lipinski definition) is 1. The molecule has 0 saturated carbocycles. The van der Waals surface area contributed by atoms with Crippen molar-refractivity contribution in [2.75, 3.05) is 19.6 Å². The van der Waals surface area contributed by atoms with Gasteiger partial charge in [0.2, 0.25) is 0 Å². The lowest BCUT2D eigenvalue weighted by Gasteiger charge is -2.28. The van der Waals surface area contributed by atoms with E-state index in [0.717, 1.165) is 19.4 Å². The van der Waals surface area contributed by atoms with E-state index in [1.165, 1.54) is 12.1 Å². The lowest BCUT2D eigenvalue weighted by molar-refractivity contribution is 0.0720. The molecule has 1 aromatic rings. The molecule has 1 saturated heterocycles. The van der Waals surface area contributed by atoms with Gasteiger partial charge in [-0.25, -0.2) is 4.39 Å². The number of nitrogens with zero attached hydrogens (tertiary/aromatic N) is 1. The Morgan fingerprint density at radius 1 is 1.52 bits per heavy atom. The van der Waals surface area contributed by atoms with Gasteiger partial charge >= 0.3 is 0 Å². The molecule has 1 fully saturated rings. The van der Waals surface area contributed by atoms with Crippen LogP contribution in [0.25, 0.3) is 0 Å². The van der Waals surface area contributed by atoms with Crippen LogP contribution in [0.3, 0.4) is 0 Å². The van der Waals surface area contributed by atoms with Gasteiger partial charge in [-0.05, 0) is 59.4 Å². The molecule has 5 heteroatoms. The second-order valence-corrected chi connectivity index (χ2v) is 6.88. The first-order valence-corrected chi connectivity index (χ1v) is 8.24. The standard InChI is InChI=1S/C16H22BrFN2O/c1-11(2)9-20(10-13-4-3-7-19-13)16(21)14-6-5-12(18)8-15(14)17/h5-6,8,11,13,19H,3-4,7,9-10H2,1-2H3. The Hall–Kier alpha value is -0.940. The largest absolute Gasteiger partial charge is 0.337 e. The lowest BCUT2D eigenvalue weighted by atomic mass is 10.1. The van der Waals surface area contributed by atoms with Crippen LogP contribution in [-0.4, -0.2) is 36.5 Å². The summed E-state index contributed by atoms with van der Waals surface area (Å²) < 4.78 is 13.7. The highest BCUT2D eigenvalue weighted by molar-refractivity contribution is 9.10. The van der Waals surface area contributed by atoms with Gasteiger partial charge in [-0.15, -0.1) is 0 Å². The molecule has 1 amide bonds. The number of carbonyl (C=O) groups is 1. The molecule has 1 heterocycles. The summed E-state index contributed by atoms with van der Waals surface area (Å²) in [7, 11) is 0. The van der Waals surface area contributed by atoms with E-state index < -0.39 is 0 Å². The number of nitrogens with one attached hydrogen (secondary N) is 1. The van der Waals surface area contributed by atoms with Crippen LogP contribution in [-0.2, 0) is 0 Å². The second-order valence-electron chi connectivity index (χ2n) is 6.02. The zero-order valence-electron chi connectivity index (χ0n) is 12.5. The maximum Gasteiger partial charge on any atom is 0.255 e. The molecular formula is C16H22BrFN2O. The highest BCUT2D eigenvalue weighted by atomic mass is 79.9. The summed E-state index contributed by atoms with van der Waals surface area (Å²) in [5, 5.41) is 3.42. The van der Waals surface area contributed by atoms with Gasteiger partial charge < -0.3 is 10.2 Å². The minimum Gasteiger partial charge on any atom is -0.337 e. The van der Waals surface area contributed by atoms with Gasteiger partial charge in [0.05, 0.1) is 5.56 Å². The predicted molar refractivity (Wildman–Crippen MR) is 85.9 cm³/mol. The van der Waals surface area contributed by atoms with Crippen molar-refractivity contribution in [1.82, 2.24) is 10.2 Å². The lowest BCUT2D eigenvalue weighted by Crippen LogP contribution is -2.43. The highest BCUT2D eigenvalue weighted by Crippen LogP contribution is 2.21. The van der Waals surface area contributed by atoms with Crippen molar-refractivity contribution >= 4 is 21.8 Å². The second kappa shape index (κ2) is 7.36. The number of carbonyl (C=O) groups excluding carboxylic acids is 1. The quantitative estimate of drug-likeness (QED) is 0.876. The van der Waals surface area contributed by atoms with Crippen molar-refractivity contribution in [2.24, 2.45) is 5.92 Å². The maximum atomic E-state index is 13.2. The molecule has 1 aliphatic rings. The van der Waals surface area contributed by atoms with Crippen LogP contribution in [0.5, 0.6) is 0 Å². The summed E-state index contributed by atoms with van der Waals surface area (Å²) in [5.41, 5.74) is 0.523. The van der Waals surface area contributed by atoms with Gasteiger partial charge in [0.15, 0.2) is 0 Å². The highest BCUT2D eigenvalue weighted by Gasteiger charge is 2.24. The molecule has 1 aliphatic heterocycles. The Morgan fingerprint density at radius 3 is 2.86 bits per heavy atom. The van der Waals surface area contributed by atoms with Crippen LogP contribution in [0.2, 0.25) is 0 Å². The minimum atomic E-state index is -0.341. The maximum absolute atomic E-state index is 13.2. The summed E-state index contributed by atoms with van der Waals surface area (Å²) in [6.45, 7) is 6.64. The summed E-state index contributed by atoms with van der Waals surface area (Å²) >= 11 is 3.29. The zero-order chi connectivity index (χ0) is 15.4. The van der Waals surface area contributed by atoms with E-state index in [2.05, 4.69) is 35.1 Å². The first-order valence-electron chi connectivity index (χ1n) is 7.45.